The van der Waals surface area contributed by atoms with E-state index in [9.17, 15) is 13.2 Å². The zero-order valence-electron chi connectivity index (χ0n) is 18.7. The van der Waals surface area contributed by atoms with Crippen molar-refractivity contribution >= 4 is 22.8 Å². The van der Waals surface area contributed by atoms with Crippen LogP contribution < -0.4 is 10.6 Å². The minimum absolute atomic E-state index is 0.0596. The zero-order valence-corrected chi connectivity index (χ0v) is 18.7. The molecule has 0 aliphatic heterocycles. The molecule has 0 aromatic carbocycles. The Morgan fingerprint density at radius 1 is 1.18 bits per heavy atom. The van der Waals surface area contributed by atoms with Crippen LogP contribution in [0.5, 0.6) is 0 Å². The molecule has 33 heavy (non-hydrogen) atoms. The molecule has 0 spiro atoms. The molecule has 5 rings (SSSR count). The number of H-pyrrole nitrogens is 1. The standard InChI is InChI=1S/C23H27F3N6O/c1-32(11-22(12-33-2)6-3-7-22)17-10-16(29-20-19(17)30-21(27)31-20)14-8-15(13-4-5-13)28-18(9-14)23(24,25)26/h8-10,13H,3-7,11-12H2,1-2H3,(H3,27,29,30,31). The third kappa shape index (κ3) is 4.23. The van der Waals surface area contributed by atoms with Crippen LogP contribution in [-0.4, -0.2) is 47.2 Å². The predicted molar refractivity (Wildman–Crippen MR) is 120 cm³/mol. The molecule has 0 amide bonds. The first-order valence-corrected chi connectivity index (χ1v) is 11.1. The SMILES string of the molecule is COCC1(CN(C)c2cc(-c3cc(C4CC4)nc(C(F)(F)F)c3)nc3nc(N)[nH]c23)CCC1. The van der Waals surface area contributed by atoms with E-state index in [2.05, 4.69) is 24.8 Å². The van der Waals surface area contributed by atoms with Crippen LogP contribution in [-0.2, 0) is 10.9 Å². The van der Waals surface area contributed by atoms with Gasteiger partial charge in [0.05, 0.1) is 18.0 Å². The number of ether oxygens (including phenoxy) is 1. The lowest BCUT2D eigenvalue weighted by Gasteiger charge is -2.44. The molecule has 176 valence electrons. The van der Waals surface area contributed by atoms with E-state index in [0.717, 1.165) is 50.4 Å². The number of nitrogens with zero attached hydrogens (tertiary/aromatic N) is 4. The number of methoxy groups -OCH3 is 1. The minimum atomic E-state index is -4.53. The second-order valence-electron chi connectivity index (χ2n) is 9.43. The highest BCUT2D eigenvalue weighted by molar-refractivity contribution is 5.90. The Morgan fingerprint density at radius 3 is 2.55 bits per heavy atom. The van der Waals surface area contributed by atoms with Gasteiger partial charge < -0.3 is 20.4 Å². The lowest BCUT2D eigenvalue weighted by Crippen LogP contribution is -2.44. The van der Waals surface area contributed by atoms with Gasteiger partial charge in [-0.25, -0.2) is 9.97 Å². The Bertz CT molecular complexity index is 1180. The maximum atomic E-state index is 13.6. The Morgan fingerprint density at radius 2 is 1.94 bits per heavy atom. The predicted octanol–water partition coefficient (Wildman–Crippen LogP) is 4.75. The summed E-state index contributed by atoms with van der Waals surface area (Å²) in [5, 5.41) is 0. The zero-order chi connectivity index (χ0) is 23.4. The van der Waals surface area contributed by atoms with Crippen molar-refractivity contribution in [2.24, 2.45) is 5.41 Å². The fourth-order valence-corrected chi connectivity index (χ4v) is 4.79. The highest BCUT2D eigenvalue weighted by Crippen LogP contribution is 2.44. The number of fused-ring (bicyclic) bond motifs is 1. The van der Waals surface area contributed by atoms with E-state index in [-0.39, 0.29) is 17.3 Å². The number of aromatic amines is 1. The van der Waals surface area contributed by atoms with E-state index < -0.39 is 11.9 Å². The molecule has 3 aromatic rings. The molecule has 3 N–H and O–H groups in total. The third-order valence-corrected chi connectivity index (χ3v) is 6.73. The number of hydrogen-bond acceptors (Lipinski definition) is 6. The van der Waals surface area contributed by atoms with Crippen LogP contribution in [0.4, 0.5) is 24.8 Å². The third-order valence-electron chi connectivity index (χ3n) is 6.73. The molecule has 2 fully saturated rings. The van der Waals surface area contributed by atoms with Gasteiger partial charge in [0.1, 0.15) is 11.2 Å². The summed E-state index contributed by atoms with van der Waals surface area (Å²) in [6.45, 7) is 1.41. The molecule has 3 aromatic heterocycles. The van der Waals surface area contributed by atoms with Crippen molar-refractivity contribution in [1.82, 2.24) is 19.9 Å². The van der Waals surface area contributed by atoms with Gasteiger partial charge >= 0.3 is 6.18 Å². The van der Waals surface area contributed by atoms with E-state index >= 15 is 0 Å². The van der Waals surface area contributed by atoms with E-state index in [1.165, 1.54) is 0 Å². The maximum absolute atomic E-state index is 13.6. The van der Waals surface area contributed by atoms with Gasteiger partial charge in [-0.2, -0.15) is 18.2 Å². The number of imidazole rings is 1. The summed E-state index contributed by atoms with van der Waals surface area (Å²) in [5.41, 5.74) is 8.17. The van der Waals surface area contributed by atoms with Gasteiger partial charge in [0.15, 0.2) is 11.6 Å². The monoisotopic (exact) mass is 460 g/mol. The highest BCUT2D eigenvalue weighted by Gasteiger charge is 2.39. The number of nitrogen functional groups attached to an aromatic ring is 1. The van der Waals surface area contributed by atoms with Crippen LogP contribution in [0.25, 0.3) is 22.4 Å². The molecule has 0 atom stereocenters. The van der Waals surface area contributed by atoms with Crippen molar-refractivity contribution in [2.75, 3.05) is 37.9 Å². The first-order chi connectivity index (χ1) is 15.7. The van der Waals surface area contributed by atoms with Crippen molar-refractivity contribution in [3.63, 3.8) is 0 Å². The van der Waals surface area contributed by atoms with Gasteiger partial charge in [0.2, 0.25) is 0 Å². The average molecular weight is 461 g/mol. The van der Waals surface area contributed by atoms with E-state index in [1.807, 2.05) is 13.1 Å². The summed E-state index contributed by atoms with van der Waals surface area (Å²) in [4.78, 5) is 17.9. The lowest BCUT2D eigenvalue weighted by atomic mass is 9.69. The van der Waals surface area contributed by atoms with Gasteiger partial charge in [0, 0.05) is 43.3 Å². The minimum Gasteiger partial charge on any atom is -0.384 e. The number of pyridine rings is 2. The molecule has 3 heterocycles. The Kier molecular flexibility index (Phi) is 5.23. The summed E-state index contributed by atoms with van der Waals surface area (Å²) < 4.78 is 46.2. The van der Waals surface area contributed by atoms with Gasteiger partial charge in [-0.1, -0.05) is 6.42 Å². The molecule has 2 saturated carbocycles. The smallest absolute Gasteiger partial charge is 0.384 e. The molecule has 2 aliphatic rings. The number of hydrogen-bond donors (Lipinski definition) is 2. The fraction of sp³-hybridized carbons (Fsp3) is 0.522. The molecule has 10 heteroatoms. The fourth-order valence-electron chi connectivity index (χ4n) is 4.79. The molecule has 7 nitrogen and oxygen atoms in total. The first kappa shape index (κ1) is 21.9. The molecular weight excluding hydrogens is 433 g/mol. The van der Waals surface area contributed by atoms with Crippen LogP contribution in [0.3, 0.4) is 0 Å². The summed E-state index contributed by atoms with van der Waals surface area (Å²) >= 11 is 0. The topological polar surface area (TPSA) is 92.9 Å². The molecule has 2 aliphatic carbocycles. The largest absolute Gasteiger partial charge is 0.433 e. The molecular formula is C23H27F3N6O. The lowest BCUT2D eigenvalue weighted by molar-refractivity contribution is -0.141. The number of halogens is 3. The van der Waals surface area contributed by atoms with Crippen LogP contribution in [0, 0.1) is 5.41 Å². The molecule has 0 unspecified atom stereocenters. The van der Waals surface area contributed by atoms with Crippen LogP contribution >= 0.6 is 0 Å². The Balaban J connectivity index is 1.60. The van der Waals surface area contributed by atoms with Crippen LogP contribution in [0.1, 0.15) is 49.4 Å². The second-order valence-corrected chi connectivity index (χ2v) is 9.43. The summed E-state index contributed by atoms with van der Waals surface area (Å²) in [7, 11) is 3.67. The molecule has 0 bridgehead atoms. The van der Waals surface area contributed by atoms with Crippen molar-refractivity contribution in [3.05, 3.63) is 29.6 Å². The van der Waals surface area contributed by atoms with E-state index in [0.29, 0.717) is 34.7 Å². The normalized spacial score (nSPS) is 17.8. The Hall–Kier alpha value is -2.88. The van der Waals surface area contributed by atoms with Crippen molar-refractivity contribution in [3.8, 4) is 11.3 Å². The van der Waals surface area contributed by atoms with Gasteiger partial charge in [-0.3, -0.25) is 0 Å². The molecule has 0 saturated heterocycles. The Labute approximate surface area is 189 Å². The average Bonchev–Trinajstić information content (AvgIpc) is 3.51. The maximum Gasteiger partial charge on any atom is 0.433 e. The van der Waals surface area contributed by atoms with E-state index in [1.54, 1.807) is 13.2 Å². The van der Waals surface area contributed by atoms with Crippen LogP contribution in [0.2, 0.25) is 0 Å². The van der Waals surface area contributed by atoms with Gasteiger partial charge in [-0.15, -0.1) is 0 Å². The highest BCUT2D eigenvalue weighted by atomic mass is 19.4. The number of anilines is 2. The van der Waals surface area contributed by atoms with E-state index in [4.69, 9.17) is 10.5 Å². The molecule has 0 radical (unpaired) electrons. The number of nitrogens with two attached hydrogens (primary N) is 1. The summed E-state index contributed by atoms with van der Waals surface area (Å²) in [6.07, 6.45) is 0.476. The van der Waals surface area contributed by atoms with Crippen molar-refractivity contribution in [1.29, 1.82) is 0 Å². The first-order valence-electron chi connectivity index (χ1n) is 11.1. The number of aromatic nitrogens is 4. The quantitative estimate of drug-likeness (QED) is 0.529. The van der Waals surface area contributed by atoms with Crippen molar-refractivity contribution in [2.45, 2.75) is 44.2 Å². The van der Waals surface area contributed by atoms with Gasteiger partial charge in [0.25, 0.3) is 0 Å². The number of alkyl halides is 3. The summed E-state index contributed by atoms with van der Waals surface area (Å²) in [5.74, 6) is 0.286. The summed E-state index contributed by atoms with van der Waals surface area (Å²) in [6, 6.07) is 4.60. The number of rotatable bonds is 7. The second kappa shape index (κ2) is 7.86. The van der Waals surface area contributed by atoms with Gasteiger partial charge in [-0.05, 0) is 43.9 Å². The number of nitrogens with one attached hydrogen (secondary N) is 1. The van der Waals surface area contributed by atoms with Crippen LogP contribution in [0.15, 0.2) is 18.2 Å². The van der Waals surface area contributed by atoms with Crippen molar-refractivity contribution < 1.29 is 17.9 Å².